The minimum Gasteiger partial charge on any atom is -0.505 e. The number of carbonyl (C=O) groups is 1. The summed E-state index contributed by atoms with van der Waals surface area (Å²) in [5.74, 6) is -0.910. The maximum atomic E-state index is 11.1. The standard InChI is InChI=1S/C8H9ClO4S/c1-3-13-8-4(9)5(10)6(14-8)7(11)12-2/h10H,3H2,1-2H3. The van der Waals surface area contributed by atoms with Crippen molar-refractivity contribution in [3.63, 3.8) is 0 Å². The molecule has 1 heterocycles. The normalized spacial score (nSPS) is 9.93. The highest BCUT2D eigenvalue weighted by molar-refractivity contribution is 7.16. The van der Waals surface area contributed by atoms with Crippen LogP contribution in [-0.4, -0.2) is 24.8 Å². The average Bonchev–Trinajstić information content (AvgIpc) is 2.46. The molecule has 0 spiro atoms. The molecule has 0 aromatic carbocycles. The molecular weight excluding hydrogens is 228 g/mol. The van der Waals surface area contributed by atoms with Crippen molar-refractivity contribution < 1.29 is 19.4 Å². The summed E-state index contributed by atoms with van der Waals surface area (Å²) in [5, 5.41) is 9.82. The van der Waals surface area contributed by atoms with E-state index in [1.54, 1.807) is 6.92 Å². The third-order valence-electron chi connectivity index (χ3n) is 1.44. The summed E-state index contributed by atoms with van der Waals surface area (Å²) < 4.78 is 9.57. The number of hydrogen-bond donors (Lipinski definition) is 1. The first kappa shape index (κ1) is 11.1. The Morgan fingerprint density at radius 1 is 1.64 bits per heavy atom. The van der Waals surface area contributed by atoms with Gasteiger partial charge in [0.05, 0.1) is 13.7 Å². The van der Waals surface area contributed by atoms with Crippen LogP contribution in [0.1, 0.15) is 16.6 Å². The van der Waals surface area contributed by atoms with Crippen molar-refractivity contribution in [2.24, 2.45) is 0 Å². The van der Waals surface area contributed by atoms with Gasteiger partial charge in [-0.3, -0.25) is 0 Å². The number of thiophene rings is 1. The van der Waals surface area contributed by atoms with Gasteiger partial charge in [0.2, 0.25) is 0 Å². The summed E-state index contributed by atoms with van der Waals surface area (Å²) in [6, 6.07) is 0. The molecule has 0 saturated carbocycles. The number of ether oxygens (including phenoxy) is 2. The zero-order chi connectivity index (χ0) is 10.7. The molecule has 0 unspecified atom stereocenters. The molecule has 0 aliphatic heterocycles. The van der Waals surface area contributed by atoms with Gasteiger partial charge in [0.1, 0.15) is 5.02 Å². The molecule has 78 valence electrons. The lowest BCUT2D eigenvalue weighted by Crippen LogP contribution is -1.97. The largest absolute Gasteiger partial charge is 0.505 e. The van der Waals surface area contributed by atoms with Crippen LogP contribution >= 0.6 is 22.9 Å². The van der Waals surface area contributed by atoms with E-state index in [2.05, 4.69) is 4.74 Å². The third-order valence-corrected chi connectivity index (χ3v) is 2.98. The number of carbonyl (C=O) groups excluding carboxylic acids is 1. The summed E-state index contributed by atoms with van der Waals surface area (Å²) in [6.45, 7) is 2.20. The fourth-order valence-electron chi connectivity index (χ4n) is 0.837. The Bertz CT molecular complexity index is 347. The van der Waals surface area contributed by atoms with E-state index in [0.717, 1.165) is 11.3 Å². The van der Waals surface area contributed by atoms with Crippen LogP contribution in [0, 0.1) is 0 Å². The predicted molar refractivity (Wildman–Crippen MR) is 53.5 cm³/mol. The van der Waals surface area contributed by atoms with Crippen molar-refractivity contribution in [1.29, 1.82) is 0 Å². The van der Waals surface area contributed by atoms with Crippen molar-refractivity contribution in [2.45, 2.75) is 6.92 Å². The molecule has 0 atom stereocenters. The second kappa shape index (κ2) is 4.52. The number of halogens is 1. The van der Waals surface area contributed by atoms with Crippen molar-refractivity contribution >= 4 is 28.9 Å². The van der Waals surface area contributed by atoms with Gasteiger partial charge < -0.3 is 14.6 Å². The maximum Gasteiger partial charge on any atom is 0.352 e. The number of methoxy groups -OCH3 is 1. The Kier molecular flexibility index (Phi) is 3.60. The monoisotopic (exact) mass is 236 g/mol. The van der Waals surface area contributed by atoms with Gasteiger partial charge in [0.25, 0.3) is 0 Å². The van der Waals surface area contributed by atoms with E-state index >= 15 is 0 Å². The SMILES string of the molecule is CCOc1sc(C(=O)OC)c(O)c1Cl. The molecule has 0 aliphatic carbocycles. The molecule has 14 heavy (non-hydrogen) atoms. The van der Waals surface area contributed by atoms with Gasteiger partial charge in [0, 0.05) is 0 Å². The summed E-state index contributed by atoms with van der Waals surface area (Å²) in [6.07, 6.45) is 0. The molecule has 1 N–H and O–H groups in total. The Morgan fingerprint density at radius 2 is 2.29 bits per heavy atom. The molecule has 1 aromatic rings. The quantitative estimate of drug-likeness (QED) is 0.819. The highest BCUT2D eigenvalue weighted by Gasteiger charge is 2.22. The van der Waals surface area contributed by atoms with Gasteiger partial charge in [-0.2, -0.15) is 0 Å². The smallest absolute Gasteiger partial charge is 0.352 e. The van der Waals surface area contributed by atoms with E-state index in [-0.39, 0.29) is 15.6 Å². The Balaban J connectivity index is 3.08. The lowest BCUT2D eigenvalue weighted by Gasteiger charge is -1.96. The highest BCUT2D eigenvalue weighted by Crippen LogP contribution is 2.44. The van der Waals surface area contributed by atoms with Gasteiger partial charge in [-0.1, -0.05) is 22.9 Å². The first-order chi connectivity index (χ1) is 6.61. The summed E-state index contributed by atoms with van der Waals surface area (Å²) in [4.78, 5) is 11.2. The van der Waals surface area contributed by atoms with Crippen LogP contribution in [-0.2, 0) is 4.74 Å². The van der Waals surface area contributed by atoms with Gasteiger partial charge in [-0.05, 0) is 6.92 Å². The molecular formula is C8H9ClO4S. The van der Waals surface area contributed by atoms with Crippen LogP contribution in [0.25, 0.3) is 0 Å². The highest BCUT2D eigenvalue weighted by atomic mass is 35.5. The lowest BCUT2D eigenvalue weighted by molar-refractivity contribution is 0.0603. The van der Waals surface area contributed by atoms with Crippen LogP contribution in [0.4, 0.5) is 0 Å². The molecule has 0 amide bonds. The zero-order valence-electron chi connectivity index (χ0n) is 7.67. The van der Waals surface area contributed by atoms with Crippen molar-refractivity contribution in [3.05, 3.63) is 9.90 Å². The van der Waals surface area contributed by atoms with E-state index in [0.29, 0.717) is 11.7 Å². The first-order valence-electron chi connectivity index (χ1n) is 3.84. The number of hydrogen-bond acceptors (Lipinski definition) is 5. The molecule has 1 aromatic heterocycles. The number of aromatic hydroxyl groups is 1. The van der Waals surface area contributed by atoms with E-state index in [1.807, 2.05) is 0 Å². The van der Waals surface area contributed by atoms with Crippen molar-refractivity contribution in [2.75, 3.05) is 13.7 Å². The van der Waals surface area contributed by atoms with Crippen LogP contribution in [0.2, 0.25) is 5.02 Å². The fraction of sp³-hybridized carbons (Fsp3) is 0.375. The van der Waals surface area contributed by atoms with Crippen LogP contribution in [0.3, 0.4) is 0 Å². The fourth-order valence-corrected chi connectivity index (χ4v) is 2.07. The predicted octanol–water partition coefficient (Wildman–Crippen LogP) is 2.29. The molecule has 0 saturated heterocycles. The average molecular weight is 237 g/mol. The lowest BCUT2D eigenvalue weighted by atomic mass is 10.4. The van der Waals surface area contributed by atoms with Crippen LogP contribution in [0.5, 0.6) is 10.8 Å². The van der Waals surface area contributed by atoms with E-state index in [4.69, 9.17) is 16.3 Å². The molecule has 0 aliphatic rings. The second-order valence-electron chi connectivity index (χ2n) is 2.31. The van der Waals surface area contributed by atoms with E-state index < -0.39 is 5.97 Å². The van der Waals surface area contributed by atoms with E-state index in [9.17, 15) is 9.90 Å². The number of rotatable bonds is 3. The first-order valence-corrected chi connectivity index (χ1v) is 5.03. The van der Waals surface area contributed by atoms with Crippen LogP contribution < -0.4 is 4.74 Å². The summed E-state index contributed by atoms with van der Waals surface area (Å²) in [5.41, 5.74) is 0. The summed E-state index contributed by atoms with van der Waals surface area (Å²) in [7, 11) is 1.23. The minimum absolute atomic E-state index is 0.0530. The molecule has 4 nitrogen and oxygen atoms in total. The van der Waals surface area contributed by atoms with Crippen LogP contribution in [0.15, 0.2) is 0 Å². The second-order valence-corrected chi connectivity index (χ2v) is 3.67. The maximum absolute atomic E-state index is 11.1. The van der Waals surface area contributed by atoms with Crippen molar-refractivity contribution in [3.8, 4) is 10.8 Å². The third kappa shape index (κ3) is 1.93. The van der Waals surface area contributed by atoms with Gasteiger partial charge in [-0.25, -0.2) is 4.79 Å². The van der Waals surface area contributed by atoms with Crippen molar-refractivity contribution in [1.82, 2.24) is 0 Å². The van der Waals surface area contributed by atoms with Gasteiger partial charge >= 0.3 is 5.97 Å². The molecule has 0 fully saturated rings. The summed E-state index contributed by atoms with van der Waals surface area (Å²) >= 11 is 6.69. The Labute approximate surface area is 90.0 Å². The molecule has 6 heteroatoms. The zero-order valence-corrected chi connectivity index (χ0v) is 9.24. The van der Waals surface area contributed by atoms with Gasteiger partial charge in [-0.15, -0.1) is 0 Å². The molecule has 0 bridgehead atoms. The Morgan fingerprint density at radius 3 is 2.79 bits per heavy atom. The molecule has 0 radical (unpaired) electrons. The molecule has 1 rings (SSSR count). The van der Waals surface area contributed by atoms with E-state index in [1.165, 1.54) is 7.11 Å². The van der Waals surface area contributed by atoms with Gasteiger partial charge in [0.15, 0.2) is 15.7 Å². The Hall–Kier alpha value is -0.940. The topological polar surface area (TPSA) is 55.8 Å². The minimum atomic E-state index is -0.625. The number of esters is 1.